The highest BCUT2D eigenvalue weighted by molar-refractivity contribution is 7.99. The molecule has 0 radical (unpaired) electrons. The van der Waals surface area contributed by atoms with Gasteiger partial charge in [-0.3, -0.25) is 0 Å². The first kappa shape index (κ1) is 13.9. The minimum atomic E-state index is 0.654. The molecule has 4 heteroatoms. The zero-order chi connectivity index (χ0) is 14.8. The van der Waals surface area contributed by atoms with Crippen LogP contribution in [0, 0.1) is 13.8 Å². The minimum absolute atomic E-state index is 0.654. The van der Waals surface area contributed by atoms with Gasteiger partial charge in [0.2, 0.25) is 5.95 Å². The van der Waals surface area contributed by atoms with Crippen molar-refractivity contribution < 1.29 is 0 Å². The molecule has 0 aliphatic carbocycles. The standard InChI is InChI=1S/C17H17N3S/c1-11-8-9-12(2)15(10-11)21-16-13-6-4-5-7-14(13)19-17(18-3)20-16/h4-10H,1-3H3,(H,18,19,20). The van der Waals surface area contributed by atoms with Crippen molar-refractivity contribution in [3.8, 4) is 0 Å². The van der Waals surface area contributed by atoms with Gasteiger partial charge in [-0.05, 0) is 37.1 Å². The van der Waals surface area contributed by atoms with E-state index in [0.29, 0.717) is 5.95 Å². The highest BCUT2D eigenvalue weighted by Gasteiger charge is 2.10. The number of para-hydroxylation sites is 1. The van der Waals surface area contributed by atoms with Gasteiger partial charge in [0.05, 0.1) is 5.52 Å². The topological polar surface area (TPSA) is 37.8 Å². The second kappa shape index (κ2) is 5.74. The van der Waals surface area contributed by atoms with E-state index >= 15 is 0 Å². The SMILES string of the molecule is CNc1nc(Sc2cc(C)ccc2C)c2ccccc2n1. The fourth-order valence-electron chi connectivity index (χ4n) is 2.16. The lowest BCUT2D eigenvalue weighted by Crippen LogP contribution is -1.98. The van der Waals surface area contributed by atoms with Gasteiger partial charge in [-0.1, -0.05) is 42.1 Å². The number of fused-ring (bicyclic) bond motifs is 1. The molecule has 1 heterocycles. The predicted molar refractivity (Wildman–Crippen MR) is 89.1 cm³/mol. The highest BCUT2D eigenvalue weighted by Crippen LogP contribution is 2.34. The summed E-state index contributed by atoms with van der Waals surface area (Å²) in [6, 6.07) is 14.6. The van der Waals surface area contributed by atoms with Crippen LogP contribution in [0.3, 0.4) is 0 Å². The predicted octanol–water partition coefficient (Wildman–Crippen LogP) is 4.44. The van der Waals surface area contributed by atoms with E-state index < -0.39 is 0 Å². The van der Waals surface area contributed by atoms with Gasteiger partial charge in [0.15, 0.2) is 0 Å². The molecule has 2 aromatic carbocycles. The van der Waals surface area contributed by atoms with E-state index in [-0.39, 0.29) is 0 Å². The Bertz CT molecular complexity index is 799. The van der Waals surface area contributed by atoms with Crippen LogP contribution in [0.2, 0.25) is 0 Å². The van der Waals surface area contributed by atoms with E-state index in [9.17, 15) is 0 Å². The minimum Gasteiger partial charge on any atom is -0.357 e. The summed E-state index contributed by atoms with van der Waals surface area (Å²) < 4.78 is 0. The maximum Gasteiger partial charge on any atom is 0.224 e. The van der Waals surface area contributed by atoms with Crippen molar-refractivity contribution in [2.24, 2.45) is 0 Å². The highest BCUT2D eigenvalue weighted by atomic mass is 32.2. The molecule has 3 rings (SSSR count). The number of hydrogen-bond donors (Lipinski definition) is 1. The molecule has 0 aliphatic heterocycles. The molecule has 3 nitrogen and oxygen atoms in total. The van der Waals surface area contributed by atoms with Gasteiger partial charge < -0.3 is 5.32 Å². The Morgan fingerprint density at radius 1 is 1.00 bits per heavy atom. The number of nitrogens with zero attached hydrogens (tertiary/aromatic N) is 2. The number of hydrogen-bond acceptors (Lipinski definition) is 4. The Morgan fingerprint density at radius 2 is 1.81 bits per heavy atom. The lowest BCUT2D eigenvalue weighted by Gasteiger charge is -2.10. The number of nitrogens with one attached hydrogen (secondary N) is 1. The van der Waals surface area contributed by atoms with E-state index in [1.54, 1.807) is 11.8 Å². The van der Waals surface area contributed by atoms with Crippen LogP contribution < -0.4 is 5.32 Å². The van der Waals surface area contributed by atoms with Gasteiger partial charge in [0.1, 0.15) is 5.03 Å². The van der Waals surface area contributed by atoms with Crippen molar-refractivity contribution >= 4 is 28.6 Å². The van der Waals surface area contributed by atoms with E-state index in [1.165, 1.54) is 16.0 Å². The first-order valence-corrected chi connectivity index (χ1v) is 7.68. The van der Waals surface area contributed by atoms with Gasteiger partial charge in [0.25, 0.3) is 0 Å². The molecule has 0 unspecified atom stereocenters. The monoisotopic (exact) mass is 295 g/mol. The Labute approximate surface area is 128 Å². The van der Waals surface area contributed by atoms with Crippen LogP contribution in [-0.4, -0.2) is 17.0 Å². The number of anilines is 1. The molecular formula is C17H17N3S. The zero-order valence-electron chi connectivity index (χ0n) is 12.3. The average Bonchev–Trinajstić information content (AvgIpc) is 2.50. The summed E-state index contributed by atoms with van der Waals surface area (Å²) in [5, 5.41) is 5.11. The molecule has 0 saturated carbocycles. The van der Waals surface area contributed by atoms with Crippen molar-refractivity contribution in [3.63, 3.8) is 0 Å². The number of benzene rings is 2. The molecule has 1 N–H and O–H groups in total. The quantitative estimate of drug-likeness (QED) is 0.725. The van der Waals surface area contributed by atoms with Gasteiger partial charge in [-0.15, -0.1) is 0 Å². The zero-order valence-corrected chi connectivity index (χ0v) is 13.2. The van der Waals surface area contributed by atoms with Gasteiger partial charge in [0, 0.05) is 17.3 Å². The summed E-state index contributed by atoms with van der Waals surface area (Å²) >= 11 is 1.70. The Balaban J connectivity index is 2.13. The van der Waals surface area contributed by atoms with E-state index in [0.717, 1.165) is 15.9 Å². The summed E-state index contributed by atoms with van der Waals surface area (Å²) in [4.78, 5) is 10.4. The molecule has 3 aromatic rings. The number of aromatic nitrogens is 2. The van der Waals surface area contributed by atoms with Crippen molar-refractivity contribution in [3.05, 3.63) is 53.6 Å². The molecular weight excluding hydrogens is 278 g/mol. The molecule has 0 amide bonds. The first-order chi connectivity index (χ1) is 10.2. The van der Waals surface area contributed by atoms with Crippen LogP contribution in [0.5, 0.6) is 0 Å². The maximum absolute atomic E-state index is 4.63. The smallest absolute Gasteiger partial charge is 0.224 e. The normalized spacial score (nSPS) is 10.8. The van der Waals surface area contributed by atoms with Crippen LogP contribution >= 0.6 is 11.8 Å². The van der Waals surface area contributed by atoms with Crippen molar-refractivity contribution in [1.82, 2.24) is 9.97 Å². The van der Waals surface area contributed by atoms with Crippen LogP contribution in [-0.2, 0) is 0 Å². The summed E-state index contributed by atoms with van der Waals surface area (Å²) in [5.74, 6) is 0.654. The fraction of sp³-hybridized carbons (Fsp3) is 0.176. The van der Waals surface area contributed by atoms with Crippen LogP contribution in [0.4, 0.5) is 5.95 Å². The lowest BCUT2D eigenvalue weighted by atomic mass is 10.2. The van der Waals surface area contributed by atoms with E-state index in [4.69, 9.17) is 0 Å². The van der Waals surface area contributed by atoms with Gasteiger partial charge >= 0.3 is 0 Å². The third kappa shape index (κ3) is 2.85. The van der Waals surface area contributed by atoms with Crippen molar-refractivity contribution in [1.29, 1.82) is 0 Å². The molecule has 0 spiro atoms. The van der Waals surface area contributed by atoms with Crippen LogP contribution in [0.25, 0.3) is 10.9 Å². The average molecular weight is 295 g/mol. The molecule has 0 bridgehead atoms. The molecule has 106 valence electrons. The Hall–Kier alpha value is -2.07. The first-order valence-electron chi connectivity index (χ1n) is 6.87. The molecule has 0 atom stereocenters. The Kier molecular flexibility index (Phi) is 3.80. The van der Waals surface area contributed by atoms with E-state index in [1.807, 2.05) is 25.2 Å². The molecule has 1 aromatic heterocycles. The maximum atomic E-state index is 4.63. The number of aryl methyl sites for hydroxylation is 2. The van der Waals surface area contributed by atoms with Crippen LogP contribution in [0.1, 0.15) is 11.1 Å². The molecule has 0 aliphatic rings. The fourth-order valence-corrected chi connectivity index (χ4v) is 3.26. The summed E-state index contributed by atoms with van der Waals surface area (Å²) in [7, 11) is 1.84. The van der Waals surface area contributed by atoms with Gasteiger partial charge in [-0.25, -0.2) is 9.97 Å². The summed E-state index contributed by atoms with van der Waals surface area (Å²) in [5.41, 5.74) is 3.49. The largest absolute Gasteiger partial charge is 0.357 e. The third-order valence-corrected chi connectivity index (χ3v) is 4.51. The summed E-state index contributed by atoms with van der Waals surface area (Å²) in [6.45, 7) is 4.24. The van der Waals surface area contributed by atoms with Gasteiger partial charge in [-0.2, -0.15) is 0 Å². The van der Waals surface area contributed by atoms with Crippen LogP contribution in [0.15, 0.2) is 52.4 Å². The third-order valence-electron chi connectivity index (χ3n) is 3.34. The number of rotatable bonds is 3. The molecule has 0 saturated heterocycles. The molecule has 21 heavy (non-hydrogen) atoms. The van der Waals surface area contributed by atoms with Crippen molar-refractivity contribution in [2.75, 3.05) is 12.4 Å². The van der Waals surface area contributed by atoms with E-state index in [2.05, 4.69) is 53.4 Å². The summed E-state index contributed by atoms with van der Waals surface area (Å²) in [6.07, 6.45) is 0. The second-order valence-corrected chi connectivity index (χ2v) is 6.02. The van der Waals surface area contributed by atoms with Crippen molar-refractivity contribution in [2.45, 2.75) is 23.8 Å². The molecule has 0 fully saturated rings. The Morgan fingerprint density at radius 3 is 2.62 bits per heavy atom. The lowest BCUT2D eigenvalue weighted by molar-refractivity contribution is 1.09. The second-order valence-electron chi connectivity index (χ2n) is 4.99.